The van der Waals surface area contributed by atoms with Gasteiger partial charge in [-0.25, -0.2) is 17.8 Å². The van der Waals surface area contributed by atoms with Crippen LogP contribution >= 0.6 is 11.3 Å². The molecule has 136 valence electrons. The van der Waals surface area contributed by atoms with E-state index >= 15 is 0 Å². The molecule has 3 aromatic rings. The molecule has 0 unspecified atom stereocenters. The first-order chi connectivity index (χ1) is 12.4. The molecule has 0 fully saturated rings. The molecule has 0 bridgehead atoms. The second-order valence-corrected chi connectivity index (χ2v) is 8.54. The Bertz CT molecular complexity index is 1010. The fraction of sp³-hybridized carbons (Fsp3) is 0.211. The van der Waals surface area contributed by atoms with Gasteiger partial charge in [0.25, 0.3) is 10.0 Å². The molecule has 0 radical (unpaired) electrons. The molecule has 0 atom stereocenters. The van der Waals surface area contributed by atoms with Gasteiger partial charge in [-0.15, -0.1) is 11.3 Å². The zero-order valence-electron chi connectivity index (χ0n) is 14.5. The minimum Gasteiger partial charge on any atom is -0.255 e. The number of benzene rings is 2. The van der Waals surface area contributed by atoms with Crippen LogP contribution in [0.2, 0.25) is 0 Å². The van der Waals surface area contributed by atoms with E-state index in [1.807, 2.05) is 12.1 Å². The maximum atomic E-state index is 13.4. The van der Waals surface area contributed by atoms with E-state index in [0.29, 0.717) is 11.3 Å². The molecular weight excluding hydrogens is 371 g/mol. The topological polar surface area (TPSA) is 59.1 Å². The highest BCUT2D eigenvalue weighted by molar-refractivity contribution is 7.93. The van der Waals surface area contributed by atoms with Gasteiger partial charge in [-0.05, 0) is 54.8 Å². The maximum Gasteiger partial charge on any atom is 0.263 e. The predicted molar refractivity (Wildman–Crippen MR) is 103 cm³/mol. The van der Waals surface area contributed by atoms with Crippen molar-refractivity contribution < 1.29 is 12.8 Å². The van der Waals surface area contributed by atoms with Gasteiger partial charge in [-0.2, -0.15) is 0 Å². The van der Waals surface area contributed by atoms with E-state index in [2.05, 4.69) is 16.6 Å². The summed E-state index contributed by atoms with van der Waals surface area (Å²) >= 11 is 1.19. The van der Waals surface area contributed by atoms with Crippen molar-refractivity contribution in [1.29, 1.82) is 0 Å². The summed E-state index contributed by atoms with van der Waals surface area (Å²) in [7, 11) is -3.69. The number of thiazole rings is 1. The van der Waals surface area contributed by atoms with Gasteiger partial charge in [0.15, 0.2) is 5.13 Å². The number of sulfonamides is 1. The van der Waals surface area contributed by atoms with E-state index in [-0.39, 0.29) is 15.8 Å². The Morgan fingerprint density at radius 1 is 1.15 bits per heavy atom. The number of hydrogen-bond donors (Lipinski definition) is 1. The SMILES string of the molecule is CCCc1ccc(S(=O)(=O)Nc2nc(-c3ccc(F)c(C)c3)cs2)cc1. The van der Waals surface area contributed by atoms with Crippen LogP contribution in [0.25, 0.3) is 11.3 Å². The van der Waals surface area contributed by atoms with Gasteiger partial charge in [-0.3, -0.25) is 4.72 Å². The van der Waals surface area contributed by atoms with Gasteiger partial charge >= 0.3 is 0 Å². The highest BCUT2D eigenvalue weighted by Gasteiger charge is 2.16. The van der Waals surface area contributed by atoms with Gasteiger partial charge in [-0.1, -0.05) is 25.5 Å². The molecule has 1 N–H and O–H groups in total. The monoisotopic (exact) mass is 390 g/mol. The third-order valence-electron chi connectivity index (χ3n) is 3.95. The van der Waals surface area contributed by atoms with Gasteiger partial charge in [0, 0.05) is 10.9 Å². The minimum atomic E-state index is -3.69. The lowest BCUT2D eigenvalue weighted by atomic mass is 10.1. The molecule has 0 spiro atoms. The van der Waals surface area contributed by atoms with Crippen molar-refractivity contribution in [3.8, 4) is 11.3 Å². The molecule has 0 aliphatic carbocycles. The summed E-state index contributed by atoms with van der Waals surface area (Å²) in [4.78, 5) is 4.52. The van der Waals surface area contributed by atoms with Gasteiger partial charge in [0.1, 0.15) is 5.82 Å². The minimum absolute atomic E-state index is 0.201. The van der Waals surface area contributed by atoms with Crippen LogP contribution in [0.5, 0.6) is 0 Å². The molecule has 4 nitrogen and oxygen atoms in total. The number of anilines is 1. The molecule has 0 saturated heterocycles. The Morgan fingerprint density at radius 3 is 2.54 bits per heavy atom. The number of hydrogen-bond acceptors (Lipinski definition) is 4. The van der Waals surface area contributed by atoms with E-state index in [0.717, 1.165) is 24.0 Å². The van der Waals surface area contributed by atoms with Crippen LogP contribution in [0, 0.1) is 12.7 Å². The summed E-state index contributed by atoms with van der Waals surface area (Å²) in [6.45, 7) is 3.76. The van der Waals surface area contributed by atoms with Gasteiger partial charge < -0.3 is 0 Å². The number of rotatable bonds is 6. The number of halogens is 1. The fourth-order valence-corrected chi connectivity index (χ4v) is 4.53. The van der Waals surface area contributed by atoms with Crippen molar-refractivity contribution in [3.63, 3.8) is 0 Å². The zero-order valence-corrected chi connectivity index (χ0v) is 16.1. The first kappa shape index (κ1) is 18.5. The standard InChI is InChI=1S/C19H19FN2O2S2/c1-3-4-14-5-8-16(9-6-14)26(23,24)22-19-21-18(12-25-19)15-7-10-17(20)13(2)11-15/h5-12H,3-4H2,1-2H3,(H,21,22). The van der Waals surface area contributed by atoms with Gasteiger partial charge in [0.05, 0.1) is 10.6 Å². The average Bonchev–Trinajstić information content (AvgIpc) is 3.06. The zero-order chi connectivity index (χ0) is 18.7. The third kappa shape index (κ3) is 4.11. The van der Waals surface area contributed by atoms with E-state index in [9.17, 15) is 12.8 Å². The third-order valence-corrected chi connectivity index (χ3v) is 6.19. The van der Waals surface area contributed by atoms with Crippen LogP contribution in [0.15, 0.2) is 52.7 Å². The van der Waals surface area contributed by atoms with Crippen LogP contribution in [0.1, 0.15) is 24.5 Å². The lowest BCUT2D eigenvalue weighted by Gasteiger charge is -2.06. The van der Waals surface area contributed by atoms with E-state index in [1.165, 1.54) is 17.4 Å². The van der Waals surface area contributed by atoms with Crippen molar-refractivity contribution in [3.05, 3.63) is 64.8 Å². The summed E-state index contributed by atoms with van der Waals surface area (Å²) < 4.78 is 40.9. The lowest BCUT2D eigenvalue weighted by molar-refractivity contribution is 0.601. The molecule has 7 heteroatoms. The lowest BCUT2D eigenvalue weighted by Crippen LogP contribution is -2.12. The average molecular weight is 391 g/mol. The first-order valence-corrected chi connectivity index (χ1v) is 10.6. The molecule has 0 amide bonds. The fourth-order valence-electron chi connectivity index (χ4n) is 2.56. The van der Waals surface area contributed by atoms with E-state index in [1.54, 1.807) is 36.6 Å². The van der Waals surface area contributed by atoms with Gasteiger partial charge in [0.2, 0.25) is 0 Å². The predicted octanol–water partition coefficient (Wildman–Crippen LogP) is 5.01. The van der Waals surface area contributed by atoms with E-state index < -0.39 is 10.0 Å². The quantitative estimate of drug-likeness (QED) is 0.643. The molecule has 0 aliphatic rings. The first-order valence-electron chi connectivity index (χ1n) is 8.23. The molecule has 3 rings (SSSR count). The molecule has 2 aromatic carbocycles. The summed E-state index contributed by atoms with van der Waals surface area (Å²) in [6, 6.07) is 11.6. The molecule has 0 aliphatic heterocycles. The Balaban J connectivity index is 1.80. The summed E-state index contributed by atoms with van der Waals surface area (Å²) in [6.07, 6.45) is 1.93. The number of aromatic nitrogens is 1. The Kier molecular flexibility index (Phi) is 5.38. The van der Waals surface area contributed by atoms with Crippen LogP contribution in [0.4, 0.5) is 9.52 Å². The second kappa shape index (κ2) is 7.55. The van der Waals surface area contributed by atoms with Crippen molar-refractivity contribution >= 4 is 26.5 Å². The van der Waals surface area contributed by atoms with E-state index in [4.69, 9.17) is 0 Å². The highest BCUT2D eigenvalue weighted by Crippen LogP contribution is 2.27. The van der Waals surface area contributed by atoms with Crippen LogP contribution in [0.3, 0.4) is 0 Å². The summed E-state index contributed by atoms with van der Waals surface area (Å²) in [5.41, 5.74) is 2.98. The Morgan fingerprint density at radius 2 is 1.88 bits per heavy atom. The van der Waals surface area contributed by atoms with Crippen molar-refractivity contribution in [2.24, 2.45) is 0 Å². The van der Waals surface area contributed by atoms with Crippen LogP contribution in [-0.2, 0) is 16.4 Å². The van der Waals surface area contributed by atoms with Crippen molar-refractivity contribution in [2.75, 3.05) is 4.72 Å². The molecule has 26 heavy (non-hydrogen) atoms. The smallest absolute Gasteiger partial charge is 0.255 e. The Labute approximate surface area is 156 Å². The summed E-state index contributed by atoms with van der Waals surface area (Å²) in [5, 5.41) is 2.02. The largest absolute Gasteiger partial charge is 0.263 e. The highest BCUT2D eigenvalue weighted by atomic mass is 32.2. The Hall–Kier alpha value is -2.25. The van der Waals surface area contributed by atoms with Crippen molar-refractivity contribution in [2.45, 2.75) is 31.6 Å². The maximum absolute atomic E-state index is 13.4. The number of nitrogens with one attached hydrogen (secondary N) is 1. The normalized spacial score (nSPS) is 11.5. The number of nitrogens with zero attached hydrogens (tertiary/aromatic N) is 1. The van der Waals surface area contributed by atoms with Crippen molar-refractivity contribution in [1.82, 2.24) is 4.98 Å². The molecule has 1 heterocycles. The van der Waals surface area contributed by atoms with Crippen LogP contribution < -0.4 is 4.72 Å². The molecule has 1 aromatic heterocycles. The molecular formula is C19H19FN2O2S2. The number of aryl methyl sites for hydroxylation is 2. The summed E-state index contributed by atoms with van der Waals surface area (Å²) in [5.74, 6) is -0.281. The second-order valence-electron chi connectivity index (χ2n) is 6.00. The van der Waals surface area contributed by atoms with Crippen LogP contribution in [-0.4, -0.2) is 13.4 Å². The molecule has 0 saturated carbocycles.